The molecule has 5 heteroatoms. The van der Waals surface area contributed by atoms with Crippen LogP contribution in [-0.2, 0) is 17.8 Å². The lowest BCUT2D eigenvalue weighted by Crippen LogP contribution is -2.16. The number of hydrogen-bond donors (Lipinski definition) is 1. The Morgan fingerprint density at radius 3 is 2.90 bits per heavy atom. The zero-order valence-electron chi connectivity index (χ0n) is 10.9. The van der Waals surface area contributed by atoms with E-state index in [1.165, 1.54) is 18.4 Å². The summed E-state index contributed by atoms with van der Waals surface area (Å²) in [5.41, 5.74) is 4.18. The van der Waals surface area contributed by atoms with E-state index < -0.39 is 0 Å². The molecule has 20 heavy (non-hydrogen) atoms. The van der Waals surface area contributed by atoms with E-state index in [0.717, 1.165) is 28.7 Å². The van der Waals surface area contributed by atoms with Crippen molar-refractivity contribution in [3.05, 3.63) is 33.4 Å². The summed E-state index contributed by atoms with van der Waals surface area (Å²) < 4.78 is 5.60. The molecular weight excluding hydrogens is 295 g/mol. The second-order valence-corrected chi connectivity index (χ2v) is 6.18. The van der Waals surface area contributed by atoms with Crippen LogP contribution in [0.2, 0.25) is 10.0 Å². The van der Waals surface area contributed by atoms with Crippen molar-refractivity contribution >= 4 is 39.8 Å². The van der Waals surface area contributed by atoms with Crippen molar-refractivity contribution in [2.45, 2.75) is 31.9 Å². The average Bonchev–Trinajstić information content (AvgIpc) is 3.27. The molecule has 0 amide bonds. The van der Waals surface area contributed by atoms with Gasteiger partial charge in [-0.15, -0.1) is 0 Å². The van der Waals surface area contributed by atoms with Crippen molar-refractivity contribution < 1.29 is 4.74 Å². The highest BCUT2D eigenvalue weighted by atomic mass is 35.5. The van der Waals surface area contributed by atoms with Gasteiger partial charge in [0.1, 0.15) is 0 Å². The molecule has 0 bridgehead atoms. The number of ether oxygens (including phenoxy) is 1. The van der Waals surface area contributed by atoms with E-state index in [2.05, 4.69) is 5.32 Å². The maximum atomic E-state index is 6.34. The summed E-state index contributed by atoms with van der Waals surface area (Å²) in [6.45, 7) is 1.33. The minimum absolute atomic E-state index is 0.539. The summed E-state index contributed by atoms with van der Waals surface area (Å²) in [6, 6.07) is 4.40. The quantitative estimate of drug-likeness (QED) is 0.903. The lowest BCUT2D eigenvalue weighted by molar-refractivity contribution is 0.110. The van der Waals surface area contributed by atoms with Crippen molar-refractivity contribution in [2.24, 2.45) is 0 Å². The summed E-state index contributed by atoms with van der Waals surface area (Å²) in [5.74, 6) is 0. The van der Waals surface area contributed by atoms with E-state index >= 15 is 0 Å². The lowest BCUT2D eigenvalue weighted by Gasteiger charge is -2.22. The number of benzene rings is 1. The third-order valence-electron chi connectivity index (χ3n) is 3.89. The Morgan fingerprint density at radius 2 is 2.10 bits per heavy atom. The zero-order chi connectivity index (χ0) is 13.7. The molecule has 1 aliphatic heterocycles. The van der Waals surface area contributed by atoms with E-state index in [-0.39, 0.29) is 0 Å². The molecule has 4 rings (SSSR count). The van der Waals surface area contributed by atoms with Crippen molar-refractivity contribution in [2.75, 3.05) is 11.9 Å². The first-order chi connectivity index (χ1) is 9.74. The molecule has 1 aromatic carbocycles. The normalized spacial score (nSPS) is 18.1. The van der Waals surface area contributed by atoms with Crippen LogP contribution >= 0.6 is 23.2 Å². The molecule has 0 unspecified atom stereocenters. The van der Waals surface area contributed by atoms with Crippen molar-refractivity contribution in [3.8, 4) is 0 Å². The summed E-state index contributed by atoms with van der Waals surface area (Å²) in [6.07, 6.45) is 3.27. The Balaban J connectivity index is 2.00. The second-order valence-electron chi connectivity index (χ2n) is 5.39. The van der Waals surface area contributed by atoms with E-state index in [9.17, 15) is 0 Å². The fraction of sp³-hybridized carbons (Fsp3) is 0.400. The summed E-state index contributed by atoms with van der Waals surface area (Å²) in [7, 11) is 0. The van der Waals surface area contributed by atoms with Crippen LogP contribution in [0.5, 0.6) is 0 Å². The first kappa shape index (κ1) is 12.7. The summed E-state index contributed by atoms with van der Waals surface area (Å²) >= 11 is 12.5. The maximum Gasteiger partial charge on any atom is 0.0927 e. The molecule has 0 spiro atoms. The van der Waals surface area contributed by atoms with Gasteiger partial charge in [-0.1, -0.05) is 23.2 Å². The van der Waals surface area contributed by atoms with Gasteiger partial charge in [0.05, 0.1) is 40.2 Å². The van der Waals surface area contributed by atoms with Gasteiger partial charge in [-0.3, -0.25) is 4.98 Å². The van der Waals surface area contributed by atoms with E-state index in [4.69, 9.17) is 32.9 Å². The first-order valence-electron chi connectivity index (χ1n) is 6.88. The zero-order valence-corrected chi connectivity index (χ0v) is 12.4. The monoisotopic (exact) mass is 308 g/mol. The highest BCUT2D eigenvalue weighted by Crippen LogP contribution is 2.39. The number of hydrogen-bond acceptors (Lipinski definition) is 3. The van der Waals surface area contributed by atoms with Gasteiger partial charge in [-0.25, -0.2) is 0 Å². The summed E-state index contributed by atoms with van der Waals surface area (Å²) in [4.78, 5) is 4.73. The molecule has 1 N–H and O–H groups in total. The van der Waals surface area contributed by atoms with Crippen LogP contribution in [-0.4, -0.2) is 17.6 Å². The lowest BCUT2D eigenvalue weighted by atomic mass is 10.0. The van der Waals surface area contributed by atoms with Gasteiger partial charge in [-0.05, 0) is 25.0 Å². The molecule has 3 nitrogen and oxygen atoms in total. The molecule has 1 saturated carbocycles. The fourth-order valence-electron chi connectivity index (χ4n) is 2.66. The fourth-order valence-corrected chi connectivity index (χ4v) is 3.02. The molecule has 1 aromatic heterocycles. The van der Waals surface area contributed by atoms with Crippen molar-refractivity contribution in [1.29, 1.82) is 0 Å². The Bertz CT molecular complexity index is 698. The van der Waals surface area contributed by atoms with Gasteiger partial charge in [0, 0.05) is 23.4 Å². The SMILES string of the molecule is Clc1ccc2c(NC3CC3)c3c(nc2c1Cl)CCOC3. The van der Waals surface area contributed by atoms with Crippen molar-refractivity contribution in [3.63, 3.8) is 0 Å². The molecule has 0 saturated heterocycles. The molecule has 0 atom stereocenters. The summed E-state index contributed by atoms with van der Waals surface area (Å²) in [5, 5.41) is 5.74. The maximum absolute atomic E-state index is 6.34. The van der Waals surface area contributed by atoms with Crippen LogP contribution in [0.4, 0.5) is 5.69 Å². The second kappa shape index (κ2) is 4.76. The molecule has 2 aromatic rings. The number of nitrogens with one attached hydrogen (secondary N) is 1. The van der Waals surface area contributed by atoms with Crippen LogP contribution in [0.25, 0.3) is 10.9 Å². The van der Waals surface area contributed by atoms with Gasteiger partial charge in [0.15, 0.2) is 0 Å². The van der Waals surface area contributed by atoms with E-state index in [0.29, 0.717) is 29.3 Å². The topological polar surface area (TPSA) is 34.2 Å². The molecule has 1 fully saturated rings. The average molecular weight is 309 g/mol. The minimum atomic E-state index is 0.539. The highest BCUT2D eigenvalue weighted by Gasteiger charge is 2.26. The van der Waals surface area contributed by atoms with Crippen molar-refractivity contribution in [1.82, 2.24) is 4.98 Å². The predicted molar refractivity (Wildman–Crippen MR) is 81.8 cm³/mol. The molecular formula is C15H14Cl2N2O. The smallest absolute Gasteiger partial charge is 0.0927 e. The van der Waals surface area contributed by atoms with Crippen LogP contribution in [0.1, 0.15) is 24.1 Å². The number of pyridine rings is 1. The number of anilines is 1. The Kier molecular flexibility index (Phi) is 3.02. The number of nitrogens with zero attached hydrogens (tertiary/aromatic N) is 1. The number of halogens is 2. The predicted octanol–water partition coefficient (Wildman–Crippen LogP) is 4.19. The third kappa shape index (κ3) is 2.05. The molecule has 2 aliphatic rings. The molecule has 1 aliphatic carbocycles. The van der Waals surface area contributed by atoms with Crippen LogP contribution in [0, 0.1) is 0 Å². The Morgan fingerprint density at radius 1 is 1.25 bits per heavy atom. The third-order valence-corrected chi connectivity index (χ3v) is 4.68. The molecule has 0 radical (unpaired) electrons. The van der Waals surface area contributed by atoms with Crippen LogP contribution in [0.3, 0.4) is 0 Å². The van der Waals surface area contributed by atoms with Gasteiger partial charge in [0.2, 0.25) is 0 Å². The van der Waals surface area contributed by atoms with Gasteiger partial charge < -0.3 is 10.1 Å². The first-order valence-corrected chi connectivity index (χ1v) is 7.63. The highest BCUT2D eigenvalue weighted by molar-refractivity contribution is 6.45. The van der Waals surface area contributed by atoms with Crippen LogP contribution < -0.4 is 5.32 Å². The number of fused-ring (bicyclic) bond motifs is 2. The van der Waals surface area contributed by atoms with E-state index in [1.807, 2.05) is 12.1 Å². The molecule has 2 heterocycles. The van der Waals surface area contributed by atoms with E-state index in [1.54, 1.807) is 0 Å². The van der Waals surface area contributed by atoms with Gasteiger partial charge in [0.25, 0.3) is 0 Å². The van der Waals surface area contributed by atoms with Crippen LogP contribution in [0.15, 0.2) is 12.1 Å². The Labute approximate surface area is 127 Å². The standard InChI is InChI=1S/C15H14Cl2N2O/c16-11-4-3-9-14(18-8-1-2-8)10-7-20-6-5-12(10)19-15(9)13(11)17/h3-4,8H,1-2,5-7H2,(H,18,19). The Hall–Kier alpha value is -1.03. The van der Waals surface area contributed by atoms with Gasteiger partial charge >= 0.3 is 0 Å². The van der Waals surface area contributed by atoms with Gasteiger partial charge in [-0.2, -0.15) is 0 Å². The minimum Gasteiger partial charge on any atom is -0.381 e. The largest absolute Gasteiger partial charge is 0.381 e. The number of rotatable bonds is 2. The number of aromatic nitrogens is 1. The molecule has 104 valence electrons.